The molecule has 1 aromatic heterocycles. The Labute approximate surface area is 123 Å². The number of carbonyl (C=O) groups is 1. The lowest BCUT2D eigenvalue weighted by Crippen LogP contribution is -2.39. The van der Waals surface area contributed by atoms with Crippen LogP contribution in [0.1, 0.15) is 18.4 Å². The van der Waals surface area contributed by atoms with Gasteiger partial charge in [0.1, 0.15) is 12.9 Å². The number of aromatic nitrogens is 3. The highest BCUT2D eigenvalue weighted by Gasteiger charge is 2.28. The van der Waals surface area contributed by atoms with Crippen LogP contribution in [0.15, 0.2) is 36.7 Å². The fraction of sp³-hybridized carbons (Fsp3) is 0.400. The highest BCUT2D eigenvalue weighted by atomic mass is 16.2. The van der Waals surface area contributed by atoms with E-state index in [1.165, 1.54) is 16.6 Å². The van der Waals surface area contributed by atoms with Crippen molar-refractivity contribution in [2.75, 3.05) is 12.3 Å². The zero-order chi connectivity index (χ0) is 14.7. The Balaban J connectivity index is 1.64. The number of likely N-dealkylation sites (tertiary alicyclic amines) is 1. The minimum absolute atomic E-state index is 0.0818. The van der Waals surface area contributed by atoms with Crippen LogP contribution in [0.5, 0.6) is 0 Å². The normalized spacial score (nSPS) is 18.1. The summed E-state index contributed by atoms with van der Waals surface area (Å²) in [7, 11) is 0. The molecule has 0 aliphatic carbocycles. The summed E-state index contributed by atoms with van der Waals surface area (Å²) in [6.07, 6.45) is 4.52. The van der Waals surface area contributed by atoms with Crippen molar-refractivity contribution >= 4 is 11.9 Å². The van der Waals surface area contributed by atoms with Crippen molar-refractivity contribution in [1.29, 1.82) is 0 Å². The second-order valence-corrected chi connectivity index (χ2v) is 5.37. The summed E-state index contributed by atoms with van der Waals surface area (Å²) in [5.74, 6) is 0.281. The van der Waals surface area contributed by atoms with Gasteiger partial charge >= 0.3 is 0 Å². The maximum Gasteiger partial charge on any atom is 0.244 e. The molecule has 2 aromatic rings. The molecule has 1 aliphatic rings. The zero-order valence-electron chi connectivity index (χ0n) is 11.9. The second kappa shape index (κ2) is 5.95. The van der Waals surface area contributed by atoms with E-state index in [1.807, 2.05) is 23.1 Å². The molecule has 1 atom stereocenters. The molecule has 0 saturated carbocycles. The third-order valence-electron chi connectivity index (χ3n) is 3.86. The molecule has 110 valence electrons. The van der Waals surface area contributed by atoms with Gasteiger partial charge in [0.15, 0.2) is 0 Å². The van der Waals surface area contributed by atoms with Gasteiger partial charge in [-0.15, -0.1) is 5.10 Å². The van der Waals surface area contributed by atoms with E-state index >= 15 is 0 Å². The average molecular weight is 285 g/mol. The van der Waals surface area contributed by atoms with Crippen LogP contribution < -0.4 is 5.73 Å². The Morgan fingerprint density at radius 2 is 2.14 bits per heavy atom. The van der Waals surface area contributed by atoms with Crippen molar-refractivity contribution in [3.05, 3.63) is 42.2 Å². The highest BCUT2D eigenvalue weighted by molar-refractivity contribution is 5.76. The molecule has 1 fully saturated rings. The Morgan fingerprint density at radius 1 is 1.33 bits per heavy atom. The predicted molar refractivity (Wildman–Crippen MR) is 79.3 cm³/mol. The molecule has 1 amide bonds. The maximum atomic E-state index is 12.4. The molecule has 2 N–H and O–H groups in total. The van der Waals surface area contributed by atoms with Crippen molar-refractivity contribution in [2.24, 2.45) is 0 Å². The van der Waals surface area contributed by atoms with Gasteiger partial charge in [-0.25, -0.2) is 9.67 Å². The number of amides is 1. The largest absolute Gasteiger partial charge is 0.367 e. The molecule has 0 spiro atoms. The summed E-state index contributed by atoms with van der Waals surface area (Å²) >= 11 is 0. The summed E-state index contributed by atoms with van der Waals surface area (Å²) < 4.78 is 1.50. The molecule has 2 heterocycles. The summed E-state index contributed by atoms with van der Waals surface area (Å²) in [4.78, 5) is 18.2. The van der Waals surface area contributed by atoms with Gasteiger partial charge in [-0.05, 0) is 24.8 Å². The molecule has 21 heavy (non-hydrogen) atoms. The van der Waals surface area contributed by atoms with Crippen LogP contribution in [0.3, 0.4) is 0 Å². The zero-order valence-corrected chi connectivity index (χ0v) is 11.9. The van der Waals surface area contributed by atoms with Crippen LogP contribution in [0.2, 0.25) is 0 Å². The lowest BCUT2D eigenvalue weighted by molar-refractivity contribution is -0.132. The van der Waals surface area contributed by atoms with Crippen molar-refractivity contribution < 1.29 is 4.79 Å². The molecular formula is C15H19N5O. The number of nitrogens with two attached hydrogens (primary N) is 1. The van der Waals surface area contributed by atoms with Crippen LogP contribution in [0.4, 0.5) is 5.95 Å². The van der Waals surface area contributed by atoms with E-state index in [0.717, 1.165) is 25.8 Å². The third-order valence-corrected chi connectivity index (χ3v) is 3.86. The Hall–Kier alpha value is -2.37. The van der Waals surface area contributed by atoms with E-state index in [-0.39, 0.29) is 24.4 Å². The summed E-state index contributed by atoms with van der Waals surface area (Å²) in [6, 6.07) is 10.6. The van der Waals surface area contributed by atoms with E-state index in [4.69, 9.17) is 5.73 Å². The van der Waals surface area contributed by atoms with Crippen molar-refractivity contribution in [1.82, 2.24) is 19.7 Å². The van der Waals surface area contributed by atoms with Crippen molar-refractivity contribution in [3.63, 3.8) is 0 Å². The molecular weight excluding hydrogens is 266 g/mol. The minimum Gasteiger partial charge on any atom is -0.367 e. The Kier molecular flexibility index (Phi) is 3.85. The molecule has 1 unspecified atom stereocenters. The monoisotopic (exact) mass is 285 g/mol. The van der Waals surface area contributed by atoms with Gasteiger partial charge in [0, 0.05) is 12.6 Å². The number of hydrogen-bond donors (Lipinski definition) is 1. The first-order valence-corrected chi connectivity index (χ1v) is 7.20. The number of nitrogens with zero attached hydrogens (tertiary/aromatic N) is 4. The average Bonchev–Trinajstić information content (AvgIpc) is 3.09. The Bertz CT molecular complexity index is 610. The van der Waals surface area contributed by atoms with E-state index in [9.17, 15) is 4.79 Å². The first-order valence-electron chi connectivity index (χ1n) is 7.20. The van der Waals surface area contributed by atoms with Gasteiger partial charge in [-0.2, -0.15) is 0 Å². The van der Waals surface area contributed by atoms with Crippen LogP contribution >= 0.6 is 0 Å². The van der Waals surface area contributed by atoms with Crippen LogP contribution in [-0.4, -0.2) is 38.2 Å². The standard InChI is InChI=1S/C15H19N5O/c16-15-17-11-19(18-15)10-14(21)20-8-4-7-13(20)9-12-5-2-1-3-6-12/h1-3,5-6,11,13H,4,7-10H2,(H2,16,18). The lowest BCUT2D eigenvalue weighted by atomic mass is 10.0. The molecule has 3 rings (SSSR count). The molecule has 1 aromatic carbocycles. The highest BCUT2D eigenvalue weighted by Crippen LogP contribution is 2.21. The topological polar surface area (TPSA) is 77.0 Å². The third kappa shape index (κ3) is 3.21. The smallest absolute Gasteiger partial charge is 0.244 e. The van der Waals surface area contributed by atoms with Crippen LogP contribution in [0, 0.1) is 0 Å². The van der Waals surface area contributed by atoms with Crippen molar-refractivity contribution in [2.45, 2.75) is 31.8 Å². The van der Waals surface area contributed by atoms with Crippen LogP contribution in [0.25, 0.3) is 0 Å². The van der Waals surface area contributed by atoms with Crippen LogP contribution in [-0.2, 0) is 17.8 Å². The Morgan fingerprint density at radius 3 is 2.86 bits per heavy atom. The fourth-order valence-corrected chi connectivity index (χ4v) is 2.88. The molecule has 6 heteroatoms. The number of nitrogen functional groups attached to an aromatic ring is 1. The SMILES string of the molecule is Nc1ncn(CC(=O)N2CCCC2Cc2ccccc2)n1. The number of rotatable bonds is 4. The van der Waals surface area contributed by atoms with E-state index in [1.54, 1.807) is 0 Å². The number of benzene rings is 1. The van der Waals surface area contributed by atoms with Gasteiger partial charge in [-0.3, -0.25) is 4.79 Å². The summed E-state index contributed by atoms with van der Waals surface area (Å²) in [5, 5.41) is 3.97. The summed E-state index contributed by atoms with van der Waals surface area (Å²) in [6.45, 7) is 1.02. The molecule has 1 saturated heterocycles. The van der Waals surface area contributed by atoms with Crippen molar-refractivity contribution in [3.8, 4) is 0 Å². The van der Waals surface area contributed by atoms with Gasteiger partial charge in [0.05, 0.1) is 0 Å². The van der Waals surface area contributed by atoms with E-state index < -0.39 is 0 Å². The molecule has 1 aliphatic heterocycles. The molecule has 6 nitrogen and oxygen atoms in total. The predicted octanol–water partition coefficient (Wildman–Crippen LogP) is 1.09. The fourth-order valence-electron chi connectivity index (χ4n) is 2.88. The second-order valence-electron chi connectivity index (χ2n) is 5.37. The quantitative estimate of drug-likeness (QED) is 0.912. The van der Waals surface area contributed by atoms with Gasteiger partial charge in [-0.1, -0.05) is 30.3 Å². The molecule has 0 bridgehead atoms. The minimum atomic E-state index is 0.0818. The number of carbonyl (C=O) groups excluding carboxylic acids is 1. The maximum absolute atomic E-state index is 12.4. The summed E-state index contributed by atoms with van der Waals surface area (Å²) in [5.41, 5.74) is 6.74. The van der Waals surface area contributed by atoms with Gasteiger partial charge in [0.2, 0.25) is 11.9 Å². The van der Waals surface area contributed by atoms with E-state index in [2.05, 4.69) is 22.2 Å². The molecule has 0 radical (unpaired) electrons. The first-order chi connectivity index (χ1) is 10.2. The van der Waals surface area contributed by atoms with Gasteiger partial charge in [0.25, 0.3) is 0 Å². The number of anilines is 1. The lowest BCUT2D eigenvalue weighted by Gasteiger charge is -2.24. The van der Waals surface area contributed by atoms with E-state index in [0.29, 0.717) is 0 Å². The first kappa shape index (κ1) is 13.6. The number of hydrogen-bond acceptors (Lipinski definition) is 4. The van der Waals surface area contributed by atoms with Gasteiger partial charge < -0.3 is 10.6 Å².